The van der Waals surface area contributed by atoms with Gasteiger partial charge in [-0.05, 0) is 36.5 Å². The Labute approximate surface area is 215 Å². The van der Waals surface area contributed by atoms with E-state index in [1.54, 1.807) is 0 Å². The fourth-order valence-corrected chi connectivity index (χ4v) is 5.40. The summed E-state index contributed by atoms with van der Waals surface area (Å²) in [6.07, 6.45) is 6.81. The Morgan fingerprint density at radius 1 is 0.571 bits per heavy atom. The maximum Gasteiger partial charge on any atom is 0.306 e. The van der Waals surface area contributed by atoms with E-state index in [1.807, 2.05) is 0 Å². The number of hydrogen-bond donors (Lipinski definition) is 2. The zero-order chi connectivity index (χ0) is 26.1. The average Bonchev–Trinajstić information content (AvgIpc) is 2.78. The van der Waals surface area contributed by atoms with Crippen LogP contribution in [-0.4, -0.2) is 48.3 Å². The van der Waals surface area contributed by atoms with Gasteiger partial charge in [0.05, 0.1) is 0 Å². The van der Waals surface area contributed by atoms with E-state index in [0.717, 1.165) is 44.9 Å². The van der Waals surface area contributed by atoms with Crippen LogP contribution in [0, 0.1) is 23.7 Å². The molecule has 2 heterocycles. The first-order valence-electron chi connectivity index (χ1n) is 14.4. The van der Waals surface area contributed by atoms with Gasteiger partial charge in [-0.15, -0.1) is 0 Å². The van der Waals surface area contributed by atoms with Crippen molar-refractivity contribution >= 4 is 11.9 Å². The van der Waals surface area contributed by atoms with Crippen LogP contribution in [0.15, 0.2) is 0 Å². The summed E-state index contributed by atoms with van der Waals surface area (Å²) in [6, 6.07) is 1.58. The highest BCUT2D eigenvalue weighted by atomic mass is 16.5. The van der Waals surface area contributed by atoms with Crippen molar-refractivity contribution in [3.05, 3.63) is 0 Å². The Balaban J connectivity index is 1.65. The summed E-state index contributed by atoms with van der Waals surface area (Å²) in [6.45, 7) is 17.8. The van der Waals surface area contributed by atoms with Crippen LogP contribution >= 0.6 is 0 Å². The van der Waals surface area contributed by atoms with Crippen LogP contribution in [0.5, 0.6) is 0 Å². The van der Waals surface area contributed by atoms with Gasteiger partial charge in [0, 0.05) is 62.7 Å². The van der Waals surface area contributed by atoms with Crippen molar-refractivity contribution in [3.8, 4) is 0 Å². The molecule has 6 heteroatoms. The van der Waals surface area contributed by atoms with Crippen LogP contribution < -0.4 is 10.6 Å². The number of rotatable bonds is 12. The number of carbonyl (C=O) groups is 2. The summed E-state index contributed by atoms with van der Waals surface area (Å²) in [7, 11) is 0. The van der Waals surface area contributed by atoms with Gasteiger partial charge in [-0.3, -0.25) is 9.59 Å². The zero-order valence-corrected chi connectivity index (χ0v) is 23.8. The van der Waals surface area contributed by atoms with Gasteiger partial charge in [-0.2, -0.15) is 0 Å². The lowest BCUT2D eigenvalue weighted by atomic mass is 9.85. The highest BCUT2D eigenvalue weighted by Crippen LogP contribution is 2.27. The van der Waals surface area contributed by atoms with E-state index in [4.69, 9.17) is 9.47 Å². The molecule has 4 atom stereocenters. The molecule has 0 radical (unpaired) electrons. The molecule has 0 spiro atoms. The van der Waals surface area contributed by atoms with Crippen molar-refractivity contribution in [1.82, 2.24) is 10.6 Å². The predicted molar refractivity (Wildman–Crippen MR) is 142 cm³/mol. The van der Waals surface area contributed by atoms with Crippen molar-refractivity contribution in [2.75, 3.05) is 0 Å². The van der Waals surface area contributed by atoms with Crippen molar-refractivity contribution < 1.29 is 19.1 Å². The molecule has 2 aliphatic rings. The standard InChI is InChI=1S/C29H54N2O4/c1-18(2)24-14-22(15-25(30-24)19(3)4)34-28(32)12-10-9-11-13-29(33)35-23-16-26(20(5)6)31-27(17-23)21(7)8/h18-27,30-31H,9-17H2,1-8H3. The Morgan fingerprint density at radius 3 is 1.11 bits per heavy atom. The van der Waals surface area contributed by atoms with Gasteiger partial charge >= 0.3 is 11.9 Å². The van der Waals surface area contributed by atoms with Crippen LogP contribution in [-0.2, 0) is 19.1 Å². The number of hydrogen-bond acceptors (Lipinski definition) is 6. The molecule has 0 amide bonds. The minimum absolute atomic E-state index is 0.00726. The van der Waals surface area contributed by atoms with Gasteiger partial charge in [0.15, 0.2) is 0 Å². The fraction of sp³-hybridized carbons (Fsp3) is 0.931. The fourth-order valence-electron chi connectivity index (χ4n) is 5.40. The lowest BCUT2D eigenvalue weighted by Gasteiger charge is -2.39. The molecule has 2 saturated heterocycles. The quantitative estimate of drug-likeness (QED) is 0.271. The number of piperidine rings is 2. The summed E-state index contributed by atoms with van der Waals surface area (Å²) in [4.78, 5) is 24.9. The predicted octanol–water partition coefficient (Wildman–Crippen LogP) is 5.63. The Morgan fingerprint density at radius 2 is 0.857 bits per heavy atom. The third-order valence-electron chi connectivity index (χ3n) is 8.00. The first-order chi connectivity index (χ1) is 16.5. The molecular formula is C29H54N2O4. The van der Waals surface area contributed by atoms with Crippen LogP contribution in [0.1, 0.15) is 113 Å². The Bertz CT molecular complexity index is 563. The lowest BCUT2D eigenvalue weighted by molar-refractivity contribution is -0.152. The van der Waals surface area contributed by atoms with Gasteiger partial charge in [-0.1, -0.05) is 61.8 Å². The molecule has 0 bridgehead atoms. The molecule has 35 heavy (non-hydrogen) atoms. The molecule has 6 nitrogen and oxygen atoms in total. The second kappa shape index (κ2) is 14.6. The van der Waals surface area contributed by atoms with Crippen molar-refractivity contribution in [3.63, 3.8) is 0 Å². The SMILES string of the molecule is CC(C)C1CC(OC(=O)CCCCCC(=O)OC2CC(C(C)C)NC(C(C)C)C2)CC(C(C)C)N1. The second-order valence-electron chi connectivity index (χ2n) is 12.5. The largest absolute Gasteiger partial charge is 0.462 e. The lowest BCUT2D eigenvalue weighted by Crippen LogP contribution is -2.52. The second-order valence-corrected chi connectivity index (χ2v) is 12.5. The van der Waals surface area contributed by atoms with Gasteiger partial charge in [0.1, 0.15) is 12.2 Å². The summed E-state index contributed by atoms with van der Waals surface area (Å²) in [5.74, 6) is 1.90. The molecule has 2 rings (SSSR count). The first-order valence-corrected chi connectivity index (χ1v) is 14.4. The monoisotopic (exact) mass is 494 g/mol. The summed E-state index contributed by atoms with van der Waals surface area (Å²) in [5, 5.41) is 7.46. The van der Waals surface area contributed by atoms with E-state index in [1.165, 1.54) is 0 Å². The molecular weight excluding hydrogens is 440 g/mol. The van der Waals surface area contributed by atoms with E-state index in [-0.39, 0.29) is 24.1 Å². The molecule has 2 aliphatic heterocycles. The number of esters is 2. The van der Waals surface area contributed by atoms with Crippen LogP contribution in [0.3, 0.4) is 0 Å². The van der Waals surface area contributed by atoms with E-state index >= 15 is 0 Å². The van der Waals surface area contributed by atoms with Crippen LogP contribution in [0.2, 0.25) is 0 Å². The van der Waals surface area contributed by atoms with E-state index in [9.17, 15) is 9.59 Å². The smallest absolute Gasteiger partial charge is 0.306 e. The molecule has 4 unspecified atom stereocenters. The summed E-state index contributed by atoms with van der Waals surface area (Å²) in [5.41, 5.74) is 0. The van der Waals surface area contributed by atoms with Crippen LogP contribution in [0.25, 0.3) is 0 Å². The zero-order valence-electron chi connectivity index (χ0n) is 23.8. The van der Waals surface area contributed by atoms with Gasteiger partial charge in [-0.25, -0.2) is 0 Å². The maximum atomic E-state index is 12.5. The van der Waals surface area contributed by atoms with Crippen molar-refractivity contribution in [1.29, 1.82) is 0 Å². The molecule has 0 aliphatic carbocycles. The minimum Gasteiger partial charge on any atom is -0.462 e. The minimum atomic E-state index is -0.0985. The topological polar surface area (TPSA) is 76.7 Å². The summed E-state index contributed by atoms with van der Waals surface area (Å²) < 4.78 is 11.7. The maximum absolute atomic E-state index is 12.5. The third kappa shape index (κ3) is 10.4. The van der Waals surface area contributed by atoms with Crippen molar-refractivity contribution in [2.45, 2.75) is 150 Å². The summed E-state index contributed by atoms with van der Waals surface area (Å²) >= 11 is 0. The van der Waals surface area contributed by atoms with Gasteiger partial charge < -0.3 is 20.1 Å². The number of nitrogens with one attached hydrogen (secondary N) is 2. The Hall–Kier alpha value is -1.14. The Kier molecular flexibility index (Phi) is 12.5. The van der Waals surface area contributed by atoms with Gasteiger partial charge in [0.25, 0.3) is 0 Å². The molecule has 204 valence electrons. The van der Waals surface area contributed by atoms with E-state index < -0.39 is 0 Å². The molecule has 2 fully saturated rings. The third-order valence-corrected chi connectivity index (χ3v) is 8.00. The highest BCUT2D eigenvalue weighted by molar-refractivity contribution is 5.70. The van der Waals surface area contributed by atoms with Gasteiger partial charge in [0.2, 0.25) is 0 Å². The number of carbonyl (C=O) groups excluding carboxylic acids is 2. The molecule has 0 aromatic heterocycles. The number of ether oxygens (including phenoxy) is 2. The molecule has 0 aromatic carbocycles. The number of unbranched alkanes of at least 4 members (excludes halogenated alkanes) is 2. The molecule has 2 N–H and O–H groups in total. The average molecular weight is 495 g/mol. The molecule has 0 saturated carbocycles. The van der Waals surface area contributed by atoms with Crippen LogP contribution in [0.4, 0.5) is 0 Å². The van der Waals surface area contributed by atoms with E-state index in [2.05, 4.69) is 66.0 Å². The van der Waals surface area contributed by atoms with Crippen molar-refractivity contribution in [2.24, 2.45) is 23.7 Å². The first kappa shape index (κ1) is 30.1. The highest BCUT2D eigenvalue weighted by Gasteiger charge is 2.34. The molecule has 0 aromatic rings. The normalized spacial score (nSPS) is 29.7. The van der Waals surface area contributed by atoms with E-state index in [0.29, 0.717) is 60.7 Å².